The summed E-state index contributed by atoms with van der Waals surface area (Å²) in [6.45, 7) is 0. The van der Waals surface area contributed by atoms with Crippen molar-refractivity contribution in [3.63, 3.8) is 0 Å². The molecule has 11 heavy (non-hydrogen) atoms. The summed E-state index contributed by atoms with van der Waals surface area (Å²) in [7, 11) is 0. The van der Waals surface area contributed by atoms with Crippen molar-refractivity contribution in [2.24, 2.45) is 5.10 Å². The number of benzene rings is 1. The molecular weight excluding hydrogens is 144 g/mol. The van der Waals surface area contributed by atoms with Crippen LogP contribution in [0.25, 0.3) is 0 Å². The van der Waals surface area contributed by atoms with E-state index in [-0.39, 0.29) is 5.34 Å². The third kappa shape index (κ3) is 1.03. The summed E-state index contributed by atoms with van der Waals surface area (Å²) in [4.78, 5) is 4.71. The molecule has 56 valence electrons. The largest absolute Gasteiger partial charge is 0.706 e. The molecule has 0 aliphatic carbocycles. The fraction of sp³-hybridized carbons (Fsp3) is 0. The van der Waals surface area contributed by atoms with Crippen LogP contribution in [-0.2, 0) is 0 Å². The van der Waals surface area contributed by atoms with Crippen LogP contribution in [0.4, 0.5) is 0 Å². The van der Waals surface area contributed by atoms with Gasteiger partial charge in [0.15, 0.2) is 5.75 Å². The van der Waals surface area contributed by atoms with E-state index in [1.54, 1.807) is 12.1 Å². The highest BCUT2D eigenvalue weighted by atomic mass is 16.9. The van der Waals surface area contributed by atoms with Gasteiger partial charge >= 0.3 is 0 Å². The quantitative estimate of drug-likeness (QED) is 0.555. The fourth-order valence-corrected chi connectivity index (χ4v) is 0.887. The second-order valence-corrected chi connectivity index (χ2v) is 2.11. The van der Waals surface area contributed by atoms with Crippen molar-refractivity contribution < 1.29 is 4.84 Å². The SMILES string of the molecule is [O-]N1N=Cc2ccccc2O1. The van der Waals surface area contributed by atoms with Gasteiger partial charge in [0, 0.05) is 5.56 Å². The van der Waals surface area contributed by atoms with E-state index in [2.05, 4.69) is 5.10 Å². The molecule has 0 fully saturated rings. The number of nitrogens with zero attached hydrogens (tertiary/aromatic N) is 2. The van der Waals surface area contributed by atoms with Crippen LogP contribution in [-0.4, -0.2) is 11.6 Å². The Labute approximate surface area is 63.2 Å². The van der Waals surface area contributed by atoms with E-state index < -0.39 is 0 Å². The smallest absolute Gasteiger partial charge is 0.165 e. The highest BCUT2D eigenvalue weighted by Crippen LogP contribution is 2.19. The molecule has 0 amide bonds. The van der Waals surface area contributed by atoms with Crippen LogP contribution in [0.3, 0.4) is 0 Å². The molecule has 2 rings (SSSR count). The monoisotopic (exact) mass is 149 g/mol. The van der Waals surface area contributed by atoms with Gasteiger partial charge in [-0.15, -0.1) is 0 Å². The molecule has 0 aromatic heterocycles. The van der Waals surface area contributed by atoms with Crippen LogP contribution in [0.1, 0.15) is 5.56 Å². The van der Waals surface area contributed by atoms with E-state index in [1.165, 1.54) is 6.21 Å². The van der Waals surface area contributed by atoms with Crippen molar-refractivity contribution in [2.75, 3.05) is 0 Å². The lowest BCUT2D eigenvalue weighted by atomic mass is 10.2. The topological polar surface area (TPSA) is 47.9 Å². The van der Waals surface area contributed by atoms with Gasteiger partial charge in [0.2, 0.25) is 0 Å². The summed E-state index contributed by atoms with van der Waals surface area (Å²) >= 11 is 0. The van der Waals surface area contributed by atoms with Crippen LogP contribution < -0.4 is 4.84 Å². The minimum atomic E-state index is 0.183. The maximum atomic E-state index is 10.5. The number of hydrazone groups is 1. The van der Waals surface area contributed by atoms with Gasteiger partial charge in [-0.3, -0.25) is 0 Å². The Morgan fingerprint density at radius 3 is 3.09 bits per heavy atom. The minimum Gasteiger partial charge on any atom is -0.706 e. The molecule has 1 heterocycles. The van der Waals surface area contributed by atoms with E-state index in [0.29, 0.717) is 5.75 Å². The first-order chi connectivity index (χ1) is 5.36. The number of hydrogen-bond acceptors (Lipinski definition) is 4. The Kier molecular flexibility index (Phi) is 1.26. The third-order valence-corrected chi connectivity index (χ3v) is 1.39. The Morgan fingerprint density at radius 2 is 2.18 bits per heavy atom. The predicted octanol–water partition coefficient (Wildman–Crippen LogP) is 1.13. The van der Waals surface area contributed by atoms with Gasteiger partial charge in [0.05, 0.1) is 6.21 Å². The molecule has 0 radical (unpaired) electrons. The molecule has 4 nitrogen and oxygen atoms in total. The fourth-order valence-electron chi connectivity index (χ4n) is 0.887. The van der Waals surface area contributed by atoms with Gasteiger partial charge in [0.1, 0.15) is 0 Å². The van der Waals surface area contributed by atoms with Gasteiger partial charge < -0.3 is 10.0 Å². The lowest BCUT2D eigenvalue weighted by Crippen LogP contribution is -2.18. The Morgan fingerprint density at radius 1 is 1.36 bits per heavy atom. The molecular formula is C7H5N2O2-. The standard InChI is InChI=1S/C7H5N2O2/c10-9-8-5-6-3-1-2-4-7(6)11-9/h1-5H/q-1. The number of para-hydroxylation sites is 1. The number of fused-ring (bicyclic) bond motifs is 1. The second kappa shape index (κ2) is 2.25. The average molecular weight is 149 g/mol. The lowest BCUT2D eigenvalue weighted by Gasteiger charge is -2.26. The van der Waals surface area contributed by atoms with Crippen molar-refractivity contribution in [1.29, 1.82) is 0 Å². The van der Waals surface area contributed by atoms with Crippen LogP contribution in [0.15, 0.2) is 29.4 Å². The number of rotatable bonds is 0. The first-order valence-electron chi connectivity index (χ1n) is 3.14. The molecule has 1 aliphatic rings. The van der Waals surface area contributed by atoms with Crippen molar-refractivity contribution in [1.82, 2.24) is 5.34 Å². The Balaban J connectivity index is 2.46. The minimum absolute atomic E-state index is 0.183. The van der Waals surface area contributed by atoms with Gasteiger partial charge in [-0.05, 0) is 12.1 Å². The van der Waals surface area contributed by atoms with Crippen LogP contribution >= 0.6 is 0 Å². The van der Waals surface area contributed by atoms with E-state index in [9.17, 15) is 5.21 Å². The molecule has 1 aromatic carbocycles. The van der Waals surface area contributed by atoms with Crippen LogP contribution in [0.2, 0.25) is 0 Å². The summed E-state index contributed by atoms with van der Waals surface area (Å²) < 4.78 is 0. The normalized spacial score (nSPS) is 14.1. The summed E-state index contributed by atoms with van der Waals surface area (Å²) in [5, 5.41) is 14.1. The van der Waals surface area contributed by atoms with E-state index in [0.717, 1.165) is 5.56 Å². The summed E-state index contributed by atoms with van der Waals surface area (Å²) in [6, 6.07) is 7.19. The van der Waals surface area contributed by atoms with E-state index in [1.807, 2.05) is 12.1 Å². The van der Waals surface area contributed by atoms with Gasteiger partial charge in [-0.2, -0.15) is 10.4 Å². The summed E-state index contributed by atoms with van der Waals surface area (Å²) in [5.41, 5.74) is 0.819. The van der Waals surface area contributed by atoms with Crippen molar-refractivity contribution in [3.8, 4) is 5.75 Å². The molecule has 0 saturated carbocycles. The molecule has 0 N–H and O–H groups in total. The third-order valence-electron chi connectivity index (χ3n) is 1.39. The van der Waals surface area contributed by atoms with Gasteiger partial charge in [0.25, 0.3) is 0 Å². The summed E-state index contributed by atoms with van der Waals surface area (Å²) in [5.74, 6) is 0.539. The number of hydrogen-bond donors (Lipinski definition) is 0. The first-order valence-corrected chi connectivity index (χ1v) is 3.14. The van der Waals surface area contributed by atoms with Gasteiger partial charge in [-0.1, -0.05) is 12.1 Å². The van der Waals surface area contributed by atoms with Crippen molar-refractivity contribution >= 4 is 6.21 Å². The van der Waals surface area contributed by atoms with E-state index >= 15 is 0 Å². The van der Waals surface area contributed by atoms with Crippen molar-refractivity contribution in [2.45, 2.75) is 0 Å². The highest BCUT2D eigenvalue weighted by molar-refractivity contribution is 5.83. The molecule has 0 spiro atoms. The van der Waals surface area contributed by atoms with E-state index in [4.69, 9.17) is 4.84 Å². The van der Waals surface area contributed by atoms with Crippen LogP contribution in [0.5, 0.6) is 5.75 Å². The first kappa shape index (κ1) is 6.18. The Hall–Kier alpha value is -1.55. The van der Waals surface area contributed by atoms with Gasteiger partial charge in [-0.25, -0.2) is 0 Å². The molecule has 0 atom stereocenters. The second-order valence-electron chi connectivity index (χ2n) is 2.11. The summed E-state index contributed by atoms with van der Waals surface area (Å²) in [6.07, 6.45) is 1.46. The zero-order chi connectivity index (χ0) is 7.68. The maximum Gasteiger partial charge on any atom is 0.165 e. The van der Waals surface area contributed by atoms with Crippen molar-refractivity contribution in [3.05, 3.63) is 35.0 Å². The molecule has 1 aromatic rings. The molecule has 0 saturated heterocycles. The molecule has 4 heteroatoms. The molecule has 0 bridgehead atoms. The maximum absolute atomic E-state index is 10.5. The Bertz CT molecular complexity index is 298. The lowest BCUT2D eigenvalue weighted by molar-refractivity contribution is -0.00778. The average Bonchev–Trinajstić information content (AvgIpc) is 2.04. The highest BCUT2D eigenvalue weighted by Gasteiger charge is 2.04. The molecule has 1 aliphatic heterocycles. The van der Waals surface area contributed by atoms with Crippen LogP contribution in [0, 0.1) is 5.21 Å². The predicted molar refractivity (Wildman–Crippen MR) is 39.9 cm³/mol. The zero-order valence-electron chi connectivity index (χ0n) is 5.60. The zero-order valence-corrected chi connectivity index (χ0v) is 5.60. The molecule has 0 unspecified atom stereocenters.